The maximum absolute atomic E-state index is 13.6. The summed E-state index contributed by atoms with van der Waals surface area (Å²) in [5.41, 5.74) is 2.00. The fourth-order valence-corrected chi connectivity index (χ4v) is 4.43. The fraction of sp³-hybridized carbons (Fsp3) is 0.0800. The Labute approximate surface area is 205 Å². The molecule has 1 N–H and O–H groups in total. The summed E-state index contributed by atoms with van der Waals surface area (Å²) in [6, 6.07) is 21.5. The summed E-state index contributed by atoms with van der Waals surface area (Å²) in [4.78, 5) is 27.0. The lowest BCUT2D eigenvalue weighted by atomic mass is 9.95. The van der Waals surface area contributed by atoms with E-state index >= 15 is 0 Å². The first-order valence-electron chi connectivity index (χ1n) is 10.1. The first-order chi connectivity index (χ1) is 15.9. The van der Waals surface area contributed by atoms with E-state index in [1.165, 1.54) is 16.8 Å². The van der Waals surface area contributed by atoms with Gasteiger partial charge in [-0.2, -0.15) is 5.10 Å². The number of halogens is 3. The van der Waals surface area contributed by atoms with Crippen LogP contribution in [0, 0.1) is 0 Å². The highest BCUT2D eigenvalue weighted by atomic mass is 35.5. The van der Waals surface area contributed by atoms with E-state index in [0.29, 0.717) is 21.8 Å². The van der Waals surface area contributed by atoms with Crippen LogP contribution in [0.25, 0.3) is 22.4 Å². The van der Waals surface area contributed by atoms with Gasteiger partial charge in [0.05, 0.1) is 21.4 Å². The molecular formula is C25H18Cl3N3O2. The number of aryl methyl sites for hydroxylation is 1. The van der Waals surface area contributed by atoms with Gasteiger partial charge in [-0.25, -0.2) is 4.68 Å². The van der Waals surface area contributed by atoms with Crippen molar-refractivity contribution in [1.29, 1.82) is 0 Å². The van der Waals surface area contributed by atoms with E-state index in [1.54, 1.807) is 6.92 Å². The zero-order chi connectivity index (χ0) is 23.5. The Kier molecular flexibility index (Phi) is 6.84. The number of rotatable bonds is 5. The largest absolute Gasteiger partial charge is 0.319 e. The number of benzene rings is 3. The summed E-state index contributed by atoms with van der Waals surface area (Å²) >= 11 is 18.5. The number of anilines is 1. The molecule has 0 aliphatic rings. The minimum absolute atomic E-state index is 0.0565. The summed E-state index contributed by atoms with van der Waals surface area (Å²) in [5, 5.41) is 7.94. The van der Waals surface area contributed by atoms with Crippen LogP contribution in [0.1, 0.15) is 17.3 Å². The third-order valence-corrected chi connectivity index (χ3v) is 5.85. The number of hydrogen-bond donors (Lipinski definition) is 1. The Morgan fingerprint density at radius 2 is 1.45 bits per heavy atom. The lowest BCUT2D eigenvalue weighted by molar-refractivity contribution is 0.102. The monoisotopic (exact) mass is 497 g/mol. The molecule has 33 heavy (non-hydrogen) atoms. The van der Waals surface area contributed by atoms with Crippen LogP contribution >= 0.6 is 34.8 Å². The van der Waals surface area contributed by atoms with E-state index in [9.17, 15) is 9.59 Å². The van der Waals surface area contributed by atoms with Crippen LogP contribution in [-0.2, 0) is 6.54 Å². The zero-order valence-electron chi connectivity index (χ0n) is 17.5. The molecule has 3 aromatic carbocycles. The van der Waals surface area contributed by atoms with Gasteiger partial charge < -0.3 is 5.32 Å². The van der Waals surface area contributed by atoms with Gasteiger partial charge in [0.25, 0.3) is 11.5 Å². The molecular weight excluding hydrogens is 481 g/mol. The van der Waals surface area contributed by atoms with E-state index in [1.807, 2.05) is 60.7 Å². The van der Waals surface area contributed by atoms with Gasteiger partial charge in [0.1, 0.15) is 5.56 Å². The standard InChI is InChI=1S/C25H18Cl3N3O2/c1-2-31-25(33)21(24(32)29-23-18(27)13-17(26)14-19(23)28)20(15-9-5-3-6-10-15)22(30-31)16-11-7-4-8-12-16/h3-14H,2H2,1H3,(H,29,32). The van der Waals surface area contributed by atoms with Crippen molar-refractivity contribution in [2.24, 2.45) is 0 Å². The number of nitrogens with zero attached hydrogens (tertiary/aromatic N) is 2. The summed E-state index contributed by atoms with van der Waals surface area (Å²) in [6.07, 6.45) is 0. The predicted molar refractivity (Wildman–Crippen MR) is 134 cm³/mol. The molecule has 0 spiro atoms. The Bertz CT molecular complexity index is 1360. The number of aromatic nitrogens is 2. The molecule has 0 bridgehead atoms. The molecule has 0 aliphatic carbocycles. The maximum Gasteiger partial charge on any atom is 0.280 e. The van der Waals surface area contributed by atoms with Crippen molar-refractivity contribution in [2.45, 2.75) is 13.5 Å². The molecule has 0 saturated carbocycles. The SMILES string of the molecule is CCn1nc(-c2ccccc2)c(-c2ccccc2)c(C(=O)Nc2c(Cl)cc(Cl)cc2Cl)c1=O. The van der Waals surface area contributed by atoms with Crippen molar-refractivity contribution >= 4 is 46.4 Å². The highest BCUT2D eigenvalue weighted by molar-refractivity contribution is 6.42. The third-order valence-electron chi connectivity index (χ3n) is 5.04. The van der Waals surface area contributed by atoms with Crippen molar-refractivity contribution < 1.29 is 4.79 Å². The quantitative estimate of drug-likeness (QED) is 0.329. The van der Waals surface area contributed by atoms with Crippen molar-refractivity contribution in [3.8, 4) is 22.4 Å². The van der Waals surface area contributed by atoms with Crippen LogP contribution in [0.4, 0.5) is 5.69 Å². The van der Waals surface area contributed by atoms with Crippen LogP contribution in [0.3, 0.4) is 0 Å². The van der Waals surface area contributed by atoms with Crippen LogP contribution in [0.5, 0.6) is 0 Å². The van der Waals surface area contributed by atoms with Gasteiger partial charge in [0.15, 0.2) is 0 Å². The zero-order valence-corrected chi connectivity index (χ0v) is 19.7. The van der Waals surface area contributed by atoms with Gasteiger partial charge in [0, 0.05) is 22.7 Å². The molecule has 0 fully saturated rings. The van der Waals surface area contributed by atoms with Gasteiger partial charge in [-0.05, 0) is 24.6 Å². The number of carbonyl (C=O) groups is 1. The Morgan fingerprint density at radius 1 is 0.909 bits per heavy atom. The van der Waals surface area contributed by atoms with E-state index in [-0.39, 0.29) is 27.8 Å². The smallest absolute Gasteiger partial charge is 0.280 e. The molecule has 0 saturated heterocycles. The molecule has 8 heteroatoms. The van der Waals surface area contributed by atoms with E-state index < -0.39 is 11.5 Å². The van der Waals surface area contributed by atoms with Crippen molar-refractivity contribution in [3.63, 3.8) is 0 Å². The normalized spacial score (nSPS) is 10.8. The Morgan fingerprint density at radius 3 is 2.00 bits per heavy atom. The average Bonchev–Trinajstić information content (AvgIpc) is 2.82. The molecule has 1 heterocycles. The van der Waals surface area contributed by atoms with Gasteiger partial charge >= 0.3 is 0 Å². The fourth-order valence-electron chi connectivity index (χ4n) is 3.52. The third kappa shape index (κ3) is 4.67. The predicted octanol–water partition coefficient (Wildman–Crippen LogP) is 6.81. The van der Waals surface area contributed by atoms with Gasteiger partial charge in [-0.1, -0.05) is 95.5 Å². The second kappa shape index (κ2) is 9.79. The maximum atomic E-state index is 13.6. The van der Waals surface area contributed by atoms with Crippen LogP contribution < -0.4 is 10.9 Å². The molecule has 1 amide bonds. The van der Waals surface area contributed by atoms with E-state index in [0.717, 1.165) is 5.56 Å². The first kappa shape index (κ1) is 23.1. The molecule has 0 radical (unpaired) electrons. The number of nitrogens with one attached hydrogen (secondary N) is 1. The number of hydrogen-bond acceptors (Lipinski definition) is 3. The number of amides is 1. The molecule has 166 valence electrons. The van der Waals surface area contributed by atoms with Crippen molar-refractivity contribution in [2.75, 3.05) is 5.32 Å². The topological polar surface area (TPSA) is 64.0 Å². The molecule has 5 nitrogen and oxygen atoms in total. The highest BCUT2D eigenvalue weighted by Gasteiger charge is 2.26. The minimum Gasteiger partial charge on any atom is -0.319 e. The summed E-state index contributed by atoms with van der Waals surface area (Å²) < 4.78 is 1.27. The van der Waals surface area contributed by atoms with Crippen LogP contribution in [-0.4, -0.2) is 15.7 Å². The van der Waals surface area contributed by atoms with Crippen molar-refractivity contribution in [1.82, 2.24) is 9.78 Å². The van der Waals surface area contributed by atoms with Gasteiger partial charge in [-0.15, -0.1) is 0 Å². The Balaban J connectivity index is 1.99. The Hall–Kier alpha value is -3.12. The van der Waals surface area contributed by atoms with E-state index in [4.69, 9.17) is 34.8 Å². The minimum atomic E-state index is -0.647. The molecule has 4 aromatic rings. The lowest BCUT2D eigenvalue weighted by Gasteiger charge is -2.17. The van der Waals surface area contributed by atoms with Crippen LogP contribution in [0.15, 0.2) is 77.6 Å². The van der Waals surface area contributed by atoms with Crippen LogP contribution in [0.2, 0.25) is 15.1 Å². The summed E-state index contributed by atoms with van der Waals surface area (Å²) in [7, 11) is 0. The van der Waals surface area contributed by atoms with Gasteiger partial charge in [-0.3, -0.25) is 9.59 Å². The molecule has 0 unspecified atom stereocenters. The molecule has 1 aromatic heterocycles. The lowest BCUT2D eigenvalue weighted by Crippen LogP contribution is -2.32. The second-order valence-electron chi connectivity index (χ2n) is 7.15. The van der Waals surface area contributed by atoms with Gasteiger partial charge in [0.2, 0.25) is 0 Å². The molecule has 0 aliphatic heterocycles. The summed E-state index contributed by atoms with van der Waals surface area (Å²) in [6.45, 7) is 2.08. The average molecular weight is 499 g/mol. The van der Waals surface area contributed by atoms with E-state index in [2.05, 4.69) is 10.4 Å². The number of carbonyl (C=O) groups excluding carboxylic acids is 1. The van der Waals surface area contributed by atoms with Crippen molar-refractivity contribution in [3.05, 3.63) is 104 Å². The second-order valence-corrected chi connectivity index (χ2v) is 8.40. The summed E-state index contributed by atoms with van der Waals surface area (Å²) in [5.74, 6) is -0.647. The highest BCUT2D eigenvalue weighted by Crippen LogP contribution is 2.36. The first-order valence-corrected chi connectivity index (χ1v) is 11.3. The molecule has 4 rings (SSSR count). The molecule has 0 atom stereocenters.